The van der Waals surface area contributed by atoms with Gasteiger partial charge in [-0.3, -0.25) is 0 Å². The van der Waals surface area contributed by atoms with Gasteiger partial charge in [0.25, 0.3) is 0 Å². The highest BCUT2D eigenvalue weighted by Crippen LogP contribution is 2.37. The van der Waals surface area contributed by atoms with Crippen molar-refractivity contribution in [3.05, 3.63) is 0 Å². The molecule has 2 atom stereocenters. The zero-order chi connectivity index (χ0) is 16.6. The molecular weight excluding hydrogens is 303 g/mol. The van der Waals surface area contributed by atoms with Crippen LogP contribution in [0.5, 0.6) is 0 Å². The Labute approximate surface area is 127 Å². The molecule has 0 aromatic carbocycles. The summed E-state index contributed by atoms with van der Waals surface area (Å²) in [5.74, 6) is -1.50. The second-order valence-electron chi connectivity index (χ2n) is 5.09. The van der Waals surface area contributed by atoms with Gasteiger partial charge >= 0.3 is 18.3 Å². The number of carbonyl (C=O) groups is 2. The number of amides is 3. The molecule has 3 N–H and O–H groups in total. The molecule has 22 heavy (non-hydrogen) atoms. The molecule has 0 heterocycles. The molecule has 0 bridgehead atoms. The molecule has 0 aromatic heterocycles. The van der Waals surface area contributed by atoms with Crippen LogP contribution in [0.15, 0.2) is 0 Å². The predicted octanol–water partition coefficient (Wildman–Crippen LogP) is 2.15. The Balaban J connectivity index is 2.29. The summed E-state index contributed by atoms with van der Waals surface area (Å²) in [4.78, 5) is 22.6. The van der Waals surface area contributed by atoms with Crippen LogP contribution in [0.25, 0.3) is 0 Å². The molecule has 0 saturated heterocycles. The number of urea groups is 1. The van der Waals surface area contributed by atoms with E-state index in [1.165, 1.54) is 0 Å². The summed E-state index contributed by atoms with van der Waals surface area (Å²) in [7, 11) is 0. The van der Waals surface area contributed by atoms with Crippen molar-refractivity contribution in [2.45, 2.75) is 44.8 Å². The van der Waals surface area contributed by atoms with E-state index in [1.54, 1.807) is 6.92 Å². The van der Waals surface area contributed by atoms with Crippen molar-refractivity contribution in [3.8, 4) is 0 Å². The molecule has 0 unspecified atom stereocenters. The number of nitrogens with one attached hydrogen (secondary N) is 3. The van der Waals surface area contributed by atoms with E-state index in [1.807, 2.05) is 0 Å². The Morgan fingerprint density at radius 3 is 2.41 bits per heavy atom. The average molecular weight is 325 g/mol. The van der Waals surface area contributed by atoms with Crippen LogP contribution < -0.4 is 16.0 Å². The van der Waals surface area contributed by atoms with E-state index in [0.29, 0.717) is 19.3 Å². The van der Waals surface area contributed by atoms with E-state index in [0.717, 1.165) is 0 Å². The van der Waals surface area contributed by atoms with E-state index in [9.17, 15) is 22.8 Å². The maximum Gasteiger partial charge on any atom is 0.407 e. The lowest BCUT2D eigenvalue weighted by atomic mass is 9.84. The molecule has 0 spiro atoms. The van der Waals surface area contributed by atoms with Crippen molar-refractivity contribution in [3.63, 3.8) is 0 Å². The number of halogens is 3. The van der Waals surface area contributed by atoms with Crippen LogP contribution in [-0.4, -0.2) is 44.0 Å². The predicted molar refractivity (Wildman–Crippen MR) is 73.4 cm³/mol. The zero-order valence-electron chi connectivity index (χ0n) is 12.5. The van der Waals surface area contributed by atoms with Gasteiger partial charge in [0.2, 0.25) is 0 Å². The molecule has 1 rings (SSSR count). The number of hydrogen-bond acceptors (Lipinski definition) is 3. The average Bonchev–Trinajstić information content (AvgIpc) is 2.43. The number of alkyl halides is 3. The molecule has 1 fully saturated rings. The van der Waals surface area contributed by atoms with Crippen LogP contribution in [0, 0.1) is 5.92 Å². The van der Waals surface area contributed by atoms with Crippen LogP contribution >= 0.6 is 0 Å². The van der Waals surface area contributed by atoms with Gasteiger partial charge in [0.15, 0.2) is 0 Å². The van der Waals surface area contributed by atoms with E-state index in [-0.39, 0.29) is 26.1 Å². The van der Waals surface area contributed by atoms with Gasteiger partial charge in [-0.1, -0.05) is 12.8 Å². The largest absolute Gasteiger partial charge is 0.450 e. The van der Waals surface area contributed by atoms with Crippen LogP contribution in [-0.2, 0) is 4.74 Å². The van der Waals surface area contributed by atoms with Crippen molar-refractivity contribution >= 4 is 12.1 Å². The van der Waals surface area contributed by atoms with Gasteiger partial charge in [0.05, 0.1) is 12.5 Å². The number of hydrogen-bond donors (Lipinski definition) is 3. The molecule has 6 nitrogen and oxygen atoms in total. The Bertz CT molecular complexity index is 377. The third kappa shape index (κ3) is 6.40. The Kier molecular flexibility index (Phi) is 7.26. The fraction of sp³-hybridized carbons (Fsp3) is 0.846. The fourth-order valence-corrected chi connectivity index (χ4v) is 2.44. The van der Waals surface area contributed by atoms with Crippen molar-refractivity contribution in [2.75, 3.05) is 19.7 Å². The third-order valence-electron chi connectivity index (χ3n) is 3.46. The van der Waals surface area contributed by atoms with Gasteiger partial charge < -0.3 is 20.7 Å². The second-order valence-corrected chi connectivity index (χ2v) is 5.09. The summed E-state index contributed by atoms with van der Waals surface area (Å²) in [5, 5.41) is 7.18. The minimum atomic E-state index is -4.30. The Morgan fingerprint density at radius 2 is 1.77 bits per heavy atom. The van der Waals surface area contributed by atoms with E-state index < -0.39 is 30.3 Å². The number of alkyl carbamates (subject to hydrolysis) is 1. The smallest absolute Gasteiger partial charge is 0.407 e. The monoisotopic (exact) mass is 325 g/mol. The van der Waals surface area contributed by atoms with Crippen LogP contribution in [0.4, 0.5) is 22.8 Å². The van der Waals surface area contributed by atoms with Gasteiger partial charge in [-0.2, -0.15) is 13.2 Å². The second kappa shape index (κ2) is 8.70. The molecule has 0 aliphatic heterocycles. The first-order chi connectivity index (χ1) is 10.3. The minimum Gasteiger partial charge on any atom is -0.450 e. The van der Waals surface area contributed by atoms with E-state index in [4.69, 9.17) is 0 Å². The third-order valence-corrected chi connectivity index (χ3v) is 3.46. The van der Waals surface area contributed by atoms with E-state index in [2.05, 4.69) is 20.7 Å². The maximum absolute atomic E-state index is 12.9. The molecule has 1 saturated carbocycles. The van der Waals surface area contributed by atoms with Crippen LogP contribution in [0.2, 0.25) is 0 Å². The van der Waals surface area contributed by atoms with Gasteiger partial charge in [-0.25, -0.2) is 9.59 Å². The Morgan fingerprint density at radius 1 is 1.14 bits per heavy atom. The minimum absolute atomic E-state index is 0.0405. The first kappa shape index (κ1) is 18.4. The zero-order valence-corrected chi connectivity index (χ0v) is 12.5. The SMILES string of the molecule is CCOC(=O)NCCNC(=O)N[C@H]1CCCC[C@@H]1C(F)(F)F. The van der Waals surface area contributed by atoms with Crippen LogP contribution in [0.3, 0.4) is 0 Å². The maximum atomic E-state index is 12.9. The Hall–Kier alpha value is -1.67. The fourth-order valence-electron chi connectivity index (χ4n) is 2.44. The number of ether oxygens (including phenoxy) is 1. The van der Waals surface area contributed by atoms with Gasteiger partial charge in [-0.15, -0.1) is 0 Å². The summed E-state index contributed by atoms with van der Waals surface area (Å²) >= 11 is 0. The first-order valence-electron chi connectivity index (χ1n) is 7.36. The van der Waals surface area contributed by atoms with Crippen LogP contribution in [0.1, 0.15) is 32.6 Å². The highest BCUT2D eigenvalue weighted by molar-refractivity contribution is 5.74. The van der Waals surface area contributed by atoms with Gasteiger partial charge in [0, 0.05) is 19.1 Å². The lowest BCUT2D eigenvalue weighted by Crippen LogP contribution is -2.51. The number of carbonyl (C=O) groups excluding carboxylic acids is 2. The highest BCUT2D eigenvalue weighted by Gasteiger charge is 2.45. The van der Waals surface area contributed by atoms with E-state index >= 15 is 0 Å². The van der Waals surface area contributed by atoms with Crippen molar-refractivity contribution < 1.29 is 27.5 Å². The lowest BCUT2D eigenvalue weighted by molar-refractivity contribution is -0.187. The summed E-state index contributed by atoms with van der Waals surface area (Å²) in [6.07, 6.45) is -3.36. The van der Waals surface area contributed by atoms with Crippen molar-refractivity contribution in [1.82, 2.24) is 16.0 Å². The highest BCUT2D eigenvalue weighted by atomic mass is 19.4. The normalized spacial score (nSPS) is 21.8. The lowest BCUT2D eigenvalue weighted by Gasteiger charge is -2.33. The van der Waals surface area contributed by atoms with Gasteiger partial charge in [-0.05, 0) is 19.8 Å². The molecule has 0 aromatic rings. The molecular formula is C13H22F3N3O3. The standard InChI is InChI=1S/C13H22F3N3O3/c1-2-22-12(21)18-8-7-17-11(20)19-10-6-4-3-5-9(10)13(14,15)16/h9-10H,2-8H2,1H3,(H,18,21)(H2,17,19,20)/t9-,10-/m0/s1. The summed E-state index contributed by atoms with van der Waals surface area (Å²) in [6, 6.07) is -1.56. The van der Waals surface area contributed by atoms with Gasteiger partial charge in [0.1, 0.15) is 0 Å². The summed E-state index contributed by atoms with van der Waals surface area (Å²) in [5.41, 5.74) is 0. The quantitative estimate of drug-likeness (QED) is 0.678. The molecule has 1 aliphatic carbocycles. The van der Waals surface area contributed by atoms with Crippen molar-refractivity contribution in [2.24, 2.45) is 5.92 Å². The first-order valence-corrected chi connectivity index (χ1v) is 7.36. The molecule has 9 heteroatoms. The molecule has 0 radical (unpaired) electrons. The molecule has 3 amide bonds. The number of rotatable bonds is 5. The molecule has 1 aliphatic rings. The van der Waals surface area contributed by atoms with Crippen molar-refractivity contribution in [1.29, 1.82) is 0 Å². The summed E-state index contributed by atoms with van der Waals surface area (Å²) < 4.78 is 43.2. The molecule has 128 valence electrons. The topological polar surface area (TPSA) is 79.5 Å². The summed E-state index contributed by atoms with van der Waals surface area (Å²) in [6.45, 7) is 2.14.